The average molecular weight is 234 g/mol. The molecule has 1 amide bonds. The van der Waals surface area contributed by atoms with E-state index in [0.717, 1.165) is 4.48 Å². The second kappa shape index (κ2) is 5.36. The third-order valence-electron chi connectivity index (χ3n) is 1.87. The largest absolute Gasteiger partial charge is 0.351 e. The fourth-order valence-electron chi connectivity index (χ4n) is 0.647. The predicted molar refractivity (Wildman–Crippen MR) is 55.1 cm³/mol. The maximum atomic E-state index is 11.3. The highest BCUT2D eigenvalue weighted by atomic mass is 79.9. The molecule has 0 saturated heterocycles. The third kappa shape index (κ3) is 4.54. The summed E-state index contributed by atoms with van der Waals surface area (Å²) in [6.45, 7) is 10.1. The van der Waals surface area contributed by atoms with Gasteiger partial charge < -0.3 is 5.32 Å². The van der Waals surface area contributed by atoms with Crippen LogP contribution in [-0.2, 0) is 4.79 Å². The van der Waals surface area contributed by atoms with Crippen LogP contribution in [0.1, 0.15) is 20.8 Å². The molecule has 0 rings (SSSR count). The number of hydrogen-bond donors (Lipinski definition) is 1. The first kappa shape index (κ1) is 11.7. The Hall–Kier alpha value is -0.310. The van der Waals surface area contributed by atoms with E-state index in [9.17, 15) is 4.79 Å². The van der Waals surface area contributed by atoms with Gasteiger partial charge in [0.05, 0.1) is 0 Å². The van der Waals surface area contributed by atoms with E-state index >= 15 is 0 Å². The van der Waals surface area contributed by atoms with Crippen molar-refractivity contribution >= 4 is 21.8 Å². The number of amides is 1. The summed E-state index contributed by atoms with van der Waals surface area (Å²) in [6.07, 6.45) is 0. The summed E-state index contributed by atoms with van der Waals surface area (Å²) in [7, 11) is 0. The van der Waals surface area contributed by atoms with E-state index in [-0.39, 0.29) is 11.8 Å². The van der Waals surface area contributed by atoms with Crippen LogP contribution in [0.3, 0.4) is 0 Å². The number of nitrogens with one attached hydrogen (secondary N) is 1. The van der Waals surface area contributed by atoms with Crippen molar-refractivity contribution in [3.63, 3.8) is 0 Å². The molecule has 0 radical (unpaired) electrons. The van der Waals surface area contributed by atoms with Crippen molar-refractivity contribution in [3.05, 3.63) is 11.1 Å². The molecule has 0 fully saturated rings. The SMILES string of the molecule is C=C(Br)CNC(=O)C(C)C(C)C. The van der Waals surface area contributed by atoms with Crippen LogP contribution in [0.15, 0.2) is 11.1 Å². The van der Waals surface area contributed by atoms with Gasteiger partial charge in [0, 0.05) is 16.9 Å². The number of rotatable bonds is 4. The van der Waals surface area contributed by atoms with Gasteiger partial charge in [0.25, 0.3) is 0 Å². The topological polar surface area (TPSA) is 29.1 Å². The fraction of sp³-hybridized carbons (Fsp3) is 0.667. The lowest BCUT2D eigenvalue weighted by Gasteiger charge is -2.14. The molecular weight excluding hydrogens is 218 g/mol. The van der Waals surface area contributed by atoms with E-state index in [1.807, 2.05) is 20.8 Å². The maximum absolute atomic E-state index is 11.3. The lowest BCUT2D eigenvalue weighted by Crippen LogP contribution is -2.32. The van der Waals surface area contributed by atoms with Gasteiger partial charge in [0.2, 0.25) is 5.91 Å². The van der Waals surface area contributed by atoms with Crippen LogP contribution in [0.4, 0.5) is 0 Å². The molecule has 0 aliphatic heterocycles. The van der Waals surface area contributed by atoms with Crippen LogP contribution in [0, 0.1) is 11.8 Å². The van der Waals surface area contributed by atoms with Gasteiger partial charge in [0.15, 0.2) is 0 Å². The number of hydrogen-bond acceptors (Lipinski definition) is 1. The van der Waals surface area contributed by atoms with Gasteiger partial charge in [-0.25, -0.2) is 0 Å². The molecule has 0 bridgehead atoms. The Balaban J connectivity index is 3.80. The van der Waals surface area contributed by atoms with Gasteiger partial charge in [-0.1, -0.05) is 43.3 Å². The van der Waals surface area contributed by atoms with Crippen LogP contribution in [0.2, 0.25) is 0 Å². The minimum Gasteiger partial charge on any atom is -0.351 e. The summed E-state index contributed by atoms with van der Waals surface area (Å²) in [5.41, 5.74) is 0. The molecule has 0 aromatic carbocycles. The molecule has 1 atom stereocenters. The van der Waals surface area contributed by atoms with Crippen molar-refractivity contribution in [3.8, 4) is 0 Å². The molecule has 0 aliphatic rings. The highest BCUT2D eigenvalue weighted by Crippen LogP contribution is 2.09. The van der Waals surface area contributed by atoms with Gasteiger partial charge in [0.1, 0.15) is 0 Å². The standard InChI is InChI=1S/C9H16BrNO/c1-6(2)8(4)9(12)11-5-7(3)10/h6,8H,3,5H2,1-2,4H3,(H,11,12). The van der Waals surface area contributed by atoms with Gasteiger partial charge in [-0.2, -0.15) is 0 Å². The van der Waals surface area contributed by atoms with Crippen molar-refractivity contribution in [1.82, 2.24) is 5.32 Å². The molecule has 0 spiro atoms. The van der Waals surface area contributed by atoms with E-state index in [4.69, 9.17) is 0 Å². The lowest BCUT2D eigenvalue weighted by molar-refractivity contribution is -0.125. The lowest BCUT2D eigenvalue weighted by atomic mass is 9.97. The molecule has 1 unspecified atom stereocenters. The average Bonchev–Trinajstić information content (AvgIpc) is 1.98. The summed E-state index contributed by atoms with van der Waals surface area (Å²) in [5.74, 6) is 0.538. The zero-order valence-electron chi connectivity index (χ0n) is 7.86. The second-order valence-electron chi connectivity index (χ2n) is 3.27. The molecule has 2 nitrogen and oxygen atoms in total. The second-order valence-corrected chi connectivity index (χ2v) is 4.39. The first-order valence-electron chi connectivity index (χ1n) is 4.06. The smallest absolute Gasteiger partial charge is 0.223 e. The van der Waals surface area contributed by atoms with Crippen LogP contribution in [0.25, 0.3) is 0 Å². The fourth-order valence-corrected chi connectivity index (χ4v) is 0.787. The zero-order chi connectivity index (χ0) is 9.72. The van der Waals surface area contributed by atoms with Gasteiger partial charge in [-0.15, -0.1) is 0 Å². The molecule has 0 aromatic heterocycles. The Kier molecular flexibility index (Phi) is 5.22. The highest BCUT2D eigenvalue weighted by molar-refractivity contribution is 9.11. The van der Waals surface area contributed by atoms with Crippen LogP contribution in [-0.4, -0.2) is 12.5 Å². The zero-order valence-corrected chi connectivity index (χ0v) is 9.44. The molecule has 0 heterocycles. The first-order valence-corrected chi connectivity index (χ1v) is 4.85. The quantitative estimate of drug-likeness (QED) is 0.794. The normalized spacial score (nSPS) is 12.8. The van der Waals surface area contributed by atoms with E-state index in [1.165, 1.54) is 0 Å². The van der Waals surface area contributed by atoms with E-state index in [1.54, 1.807) is 0 Å². The molecule has 0 saturated carbocycles. The summed E-state index contributed by atoms with van der Waals surface area (Å²) in [4.78, 5) is 11.3. The molecule has 1 N–H and O–H groups in total. The number of carbonyl (C=O) groups excluding carboxylic acids is 1. The Morgan fingerprint density at radius 2 is 2.00 bits per heavy atom. The Morgan fingerprint density at radius 1 is 1.50 bits per heavy atom. The summed E-state index contributed by atoms with van der Waals surface area (Å²) in [5, 5.41) is 2.78. The summed E-state index contributed by atoms with van der Waals surface area (Å²) in [6, 6.07) is 0. The minimum atomic E-state index is 0.0665. The number of carbonyl (C=O) groups is 1. The van der Waals surface area contributed by atoms with Crippen LogP contribution in [0.5, 0.6) is 0 Å². The summed E-state index contributed by atoms with van der Waals surface area (Å²) < 4.78 is 0.798. The maximum Gasteiger partial charge on any atom is 0.223 e. The van der Waals surface area contributed by atoms with E-state index < -0.39 is 0 Å². The van der Waals surface area contributed by atoms with Crippen molar-refractivity contribution in [1.29, 1.82) is 0 Å². The van der Waals surface area contributed by atoms with Crippen LogP contribution < -0.4 is 5.32 Å². The molecule has 3 heteroatoms. The summed E-state index contributed by atoms with van der Waals surface area (Å²) >= 11 is 3.18. The Bertz CT molecular complexity index is 177. The van der Waals surface area contributed by atoms with Gasteiger partial charge in [-0.05, 0) is 5.92 Å². The minimum absolute atomic E-state index is 0.0665. The highest BCUT2D eigenvalue weighted by Gasteiger charge is 2.15. The Morgan fingerprint density at radius 3 is 2.33 bits per heavy atom. The van der Waals surface area contributed by atoms with Gasteiger partial charge in [-0.3, -0.25) is 4.79 Å². The molecule has 12 heavy (non-hydrogen) atoms. The molecule has 70 valence electrons. The molecular formula is C9H16BrNO. The van der Waals surface area contributed by atoms with Crippen molar-refractivity contribution < 1.29 is 4.79 Å². The predicted octanol–water partition coefficient (Wildman–Crippen LogP) is 2.30. The monoisotopic (exact) mass is 233 g/mol. The van der Waals surface area contributed by atoms with Crippen molar-refractivity contribution in [2.24, 2.45) is 11.8 Å². The van der Waals surface area contributed by atoms with E-state index in [2.05, 4.69) is 27.8 Å². The van der Waals surface area contributed by atoms with Crippen molar-refractivity contribution in [2.45, 2.75) is 20.8 Å². The third-order valence-corrected chi connectivity index (χ3v) is 2.15. The van der Waals surface area contributed by atoms with E-state index in [0.29, 0.717) is 12.5 Å². The van der Waals surface area contributed by atoms with Gasteiger partial charge >= 0.3 is 0 Å². The molecule has 0 aliphatic carbocycles. The van der Waals surface area contributed by atoms with Crippen molar-refractivity contribution in [2.75, 3.05) is 6.54 Å². The first-order chi connectivity index (χ1) is 5.45. The molecule has 0 aromatic rings. The Labute approximate surface area is 82.5 Å². The van der Waals surface area contributed by atoms with Crippen LogP contribution >= 0.6 is 15.9 Å². The number of halogens is 1.